The fourth-order valence-electron chi connectivity index (χ4n) is 2.60. The molecule has 3 heterocycles. The zero-order chi connectivity index (χ0) is 13.2. The van der Waals surface area contributed by atoms with E-state index in [1.54, 1.807) is 12.3 Å². The predicted octanol–water partition coefficient (Wildman–Crippen LogP) is 1.42. The summed E-state index contributed by atoms with van der Waals surface area (Å²) in [7, 11) is 1.39. The number of carbonyl (C=O) groups is 1. The lowest BCUT2D eigenvalue weighted by atomic mass is 10.1. The number of hydrogen-bond donors (Lipinski definition) is 1. The second kappa shape index (κ2) is 5.01. The van der Waals surface area contributed by atoms with Crippen molar-refractivity contribution < 1.29 is 9.53 Å². The van der Waals surface area contributed by atoms with Crippen molar-refractivity contribution in [2.24, 2.45) is 0 Å². The molecule has 3 rings (SSSR count). The molecule has 2 aromatic rings. The van der Waals surface area contributed by atoms with Gasteiger partial charge in [0, 0.05) is 18.7 Å². The molecule has 1 aliphatic rings. The summed E-state index contributed by atoms with van der Waals surface area (Å²) in [5.41, 5.74) is 1.48. The van der Waals surface area contributed by atoms with Crippen molar-refractivity contribution in [3.05, 3.63) is 35.9 Å². The van der Waals surface area contributed by atoms with E-state index in [4.69, 9.17) is 4.74 Å². The Morgan fingerprint density at radius 2 is 2.53 bits per heavy atom. The van der Waals surface area contributed by atoms with E-state index in [2.05, 4.69) is 10.3 Å². The molecule has 5 nitrogen and oxygen atoms in total. The van der Waals surface area contributed by atoms with Gasteiger partial charge < -0.3 is 14.5 Å². The smallest absolute Gasteiger partial charge is 0.337 e. The van der Waals surface area contributed by atoms with Crippen LogP contribution in [0.5, 0.6) is 0 Å². The maximum absolute atomic E-state index is 11.5. The maximum atomic E-state index is 11.5. The Kier molecular flexibility index (Phi) is 3.21. The molecule has 1 aliphatic heterocycles. The van der Waals surface area contributed by atoms with Gasteiger partial charge in [-0.1, -0.05) is 0 Å². The highest BCUT2D eigenvalue weighted by molar-refractivity contribution is 5.90. The Balaban J connectivity index is 1.88. The molecule has 0 aliphatic carbocycles. The number of pyridine rings is 1. The molecule has 0 aromatic carbocycles. The van der Waals surface area contributed by atoms with Gasteiger partial charge in [0.15, 0.2) is 0 Å². The van der Waals surface area contributed by atoms with Crippen LogP contribution in [0, 0.1) is 0 Å². The predicted molar refractivity (Wildman–Crippen MR) is 71.3 cm³/mol. The molecule has 100 valence electrons. The van der Waals surface area contributed by atoms with Gasteiger partial charge in [-0.15, -0.1) is 0 Å². The minimum atomic E-state index is -0.317. The molecule has 0 saturated carbocycles. The number of fused-ring (bicyclic) bond motifs is 1. The third-order valence-electron chi connectivity index (χ3n) is 3.62. The van der Waals surface area contributed by atoms with Crippen molar-refractivity contribution in [2.75, 3.05) is 13.7 Å². The first kappa shape index (κ1) is 12.2. The van der Waals surface area contributed by atoms with Crippen LogP contribution in [0.25, 0.3) is 5.52 Å². The third kappa shape index (κ3) is 2.33. The quantitative estimate of drug-likeness (QED) is 0.847. The molecular formula is C14H17N3O2. The summed E-state index contributed by atoms with van der Waals surface area (Å²) in [6, 6.07) is 4.10. The van der Waals surface area contributed by atoms with Crippen LogP contribution in [0.2, 0.25) is 0 Å². The largest absolute Gasteiger partial charge is 0.465 e. The zero-order valence-corrected chi connectivity index (χ0v) is 10.9. The minimum Gasteiger partial charge on any atom is -0.465 e. The first-order valence-electron chi connectivity index (χ1n) is 6.55. The first-order chi connectivity index (χ1) is 9.28. The van der Waals surface area contributed by atoms with E-state index < -0.39 is 0 Å². The van der Waals surface area contributed by atoms with Gasteiger partial charge in [0.1, 0.15) is 5.82 Å². The van der Waals surface area contributed by atoms with Gasteiger partial charge in [-0.25, -0.2) is 9.78 Å². The SMILES string of the molecule is COC(=O)c1ccn2c(CC3CCCN3)ncc2c1. The van der Waals surface area contributed by atoms with Gasteiger partial charge in [0.05, 0.1) is 24.4 Å². The number of hydrogen-bond acceptors (Lipinski definition) is 4. The molecule has 0 spiro atoms. The van der Waals surface area contributed by atoms with Crippen molar-refractivity contribution in [1.29, 1.82) is 0 Å². The average Bonchev–Trinajstić information content (AvgIpc) is 3.08. The number of nitrogens with one attached hydrogen (secondary N) is 1. The lowest BCUT2D eigenvalue weighted by molar-refractivity contribution is 0.0600. The van der Waals surface area contributed by atoms with Gasteiger partial charge in [-0.3, -0.25) is 0 Å². The monoisotopic (exact) mass is 259 g/mol. The highest BCUT2D eigenvalue weighted by Gasteiger charge is 2.17. The Morgan fingerprint density at radius 1 is 1.63 bits per heavy atom. The van der Waals surface area contributed by atoms with Crippen LogP contribution in [-0.2, 0) is 11.2 Å². The fourth-order valence-corrected chi connectivity index (χ4v) is 2.60. The molecule has 0 bridgehead atoms. The second-order valence-electron chi connectivity index (χ2n) is 4.87. The van der Waals surface area contributed by atoms with E-state index >= 15 is 0 Å². The lowest BCUT2D eigenvalue weighted by Crippen LogP contribution is -2.24. The Bertz CT molecular complexity index is 600. The van der Waals surface area contributed by atoms with E-state index in [9.17, 15) is 4.79 Å². The van der Waals surface area contributed by atoms with Gasteiger partial charge >= 0.3 is 5.97 Å². The summed E-state index contributed by atoms with van der Waals surface area (Å²) >= 11 is 0. The number of ether oxygens (including phenoxy) is 1. The number of methoxy groups -OCH3 is 1. The van der Waals surface area contributed by atoms with Crippen LogP contribution in [0.3, 0.4) is 0 Å². The fraction of sp³-hybridized carbons (Fsp3) is 0.429. The molecule has 19 heavy (non-hydrogen) atoms. The van der Waals surface area contributed by atoms with E-state index in [1.165, 1.54) is 20.0 Å². The average molecular weight is 259 g/mol. The number of nitrogens with zero attached hydrogens (tertiary/aromatic N) is 2. The molecular weight excluding hydrogens is 242 g/mol. The van der Waals surface area contributed by atoms with Gasteiger partial charge in [0.25, 0.3) is 0 Å². The van der Waals surface area contributed by atoms with Gasteiger partial charge in [0.2, 0.25) is 0 Å². The van der Waals surface area contributed by atoms with E-state index in [0.29, 0.717) is 11.6 Å². The molecule has 0 amide bonds. The molecule has 1 atom stereocenters. The van der Waals surface area contributed by atoms with Crippen molar-refractivity contribution in [1.82, 2.24) is 14.7 Å². The normalized spacial score (nSPS) is 18.9. The Labute approximate surface area is 111 Å². The topological polar surface area (TPSA) is 55.6 Å². The zero-order valence-electron chi connectivity index (χ0n) is 10.9. The maximum Gasteiger partial charge on any atom is 0.337 e. The molecule has 2 aromatic heterocycles. The number of imidazole rings is 1. The molecule has 1 unspecified atom stereocenters. The first-order valence-corrected chi connectivity index (χ1v) is 6.55. The van der Waals surface area contributed by atoms with Crippen LogP contribution < -0.4 is 5.32 Å². The molecule has 5 heteroatoms. The summed E-state index contributed by atoms with van der Waals surface area (Å²) in [4.78, 5) is 15.9. The van der Waals surface area contributed by atoms with Crippen LogP contribution in [0.1, 0.15) is 29.0 Å². The van der Waals surface area contributed by atoms with Crippen LogP contribution in [0.15, 0.2) is 24.5 Å². The number of rotatable bonds is 3. The summed E-state index contributed by atoms with van der Waals surface area (Å²) in [5.74, 6) is 0.716. The summed E-state index contributed by atoms with van der Waals surface area (Å²) < 4.78 is 6.76. The third-order valence-corrected chi connectivity index (χ3v) is 3.62. The summed E-state index contributed by atoms with van der Waals surface area (Å²) in [6.45, 7) is 1.10. The van der Waals surface area contributed by atoms with Gasteiger partial charge in [-0.05, 0) is 31.5 Å². The van der Waals surface area contributed by atoms with E-state index in [0.717, 1.165) is 24.3 Å². The molecule has 1 saturated heterocycles. The van der Waals surface area contributed by atoms with E-state index in [1.807, 2.05) is 16.7 Å². The van der Waals surface area contributed by atoms with E-state index in [-0.39, 0.29) is 5.97 Å². The standard InChI is InChI=1S/C14H17N3O2/c1-19-14(18)10-4-6-17-12(7-10)9-16-13(17)8-11-3-2-5-15-11/h4,6-7,9,11,15H,2-3,5,8H2,1H3. The van der Waals surface area contributed by atoms with Crippen LogP contribution in [-0.4, -0.2) is 35.1 Å². The highest BCUT2D eigenvalue weighted by Crippen LogP contribution is 2.15. The highest BCUT2D eigenvalue weighted by atomic mass is 16.5. The van der Waals surface area contributed by atoms with Crippen molar-refractivity contribution >= 4 is 11.5 Å². The minimum absolute atomic E-state index is 0.317. The van der Waals surface area contributed by atoms with Crippen molar-refractivity contribution in [2.45, 2.75) is 25.3 Å². The second-order valence-corrected chi connectivity index (χ2v) is 4.87. The van der Waals surface area contributed by atoms with Gasteiger partial charge in [-0.2, -0.15) is 0 Å². The Hall–Kier alpha value is -1.88. The number of carbonyl (C=O) groups excluding carboxylic acids is 1. The molecule has 0 radical (unpaired) electrons. The molecule has 1 fully saturated rings. The summed E-state index contributed by atoms with van der Waals surface area (Å²) in [6.07, 6.45) is 7.05. The summed E-state index contributed by atoms with van der Waals surface area (Å²) in [5, 5.41) is 3.47. The Morgan fingerprint density at radius 3 is 3.26 bits per heavy atom. The lowest BCUT2D eigenvalue weighted by Gasteiger charge is -2.09. The van der Waals surface area contributed by atoms with Crippen LogP contribution in [0.4, 0.5) is 0 Å². The van der Waals surface area contributed by atoms with Crippen LogP contribution >= 0.6 is 0 Å². The number of aromatic nitrogens is 2. The van der Waals surface area contributed by atoms with Crippen molar-refractivity contribution in [3.63, 3.8) is 0 Å². The van der Waals surface area contributed by atoms with Crippen molar-refractivity contribution in [3.8, 4) is 0 Å². The number of esters is 1. The molecule has 1 N–H and O–H groups in total.